The average Bonchev–Trinajstić information content (AvgIpc) is 2.62. The smallest absolute Gasteiger partial charge is 0.241 e. The fourth-order valence-electron chi connectivity index (χ4n) is 3.22. The molecule has 1 amide bonds. The molecule has 1 aliphatic heterocycles. The van der Waals surface area contributed by atoms with Crippen molar-refractivity contribution >= 4 is 5.91 Å². The molecular weight excluding hydrogens is 226 g/mol. The van der Waals surface area contributed by atoms with Crippen molar-refractivity contribution in [2.45, 2.75) is 70.0 Å². The zero-order chi connectivity index (χ0) is 13.0. The third-order valence-electron chi connectivity index (χ3n) is 4.20. The predicted molar refractivity (Wildman–Crippen MR) is 69.8 cm³/mol. The van der Waals surface area contributed by atoms with Crippen LogP contribution in [-0.4, -0.2) is 35.5 Å². The minimum absolute atomic E-state index is 0.141. The Morgan fingerprint density at radius 3 is 2.61 bits per heavy atom. The molecule has 1 N–H and O–H groups in total. The Balaban J connectivity index is 2.07. The summed E-state index contributed by atoms with van der Waals surface area (Å²) in [4.78, 5) is 14.5. The first kappa shape index (κ1) is 13.4. The molecule has 2 unspecified atom stereocenters. The molecule has 0 bridgehead atoms. The van der Waals surface area contributed by atoms with Crippen molar-refractivity contribution < 1.29 is 4.79 Å². The SMILES string of the molecule is CC1CNC(CC#N)C(=O)N1C1CCCCCC1. The Labute approximate surface area is 109 Å². The largest absolute Gasteiger partial charge is 0.334 e. The number of carbonyl (C=O) groups excluding carboxylic acids is 1. The normalized spacial score (nSPS) is 30.9. The van der Waals surface area contributed by atoms with Crippen molar-refractivity contribution in [3.63, 3.8) is 0 Å². The summed E-state index contributed by atoms with van der Waals surface area (Å²) in [5, 5.41) is 12.0. The van der Waals surface area contributed by atoms with Crippen molar-refractivity contribution in [2.24, 2.45) is 0 Å². The topological polar surface area (TPSA) is 56.1 Å². The summed E-state index contributed by atoms with van der Waals surface area (Å²) in [5.41, 5.74) is 0. The number of hydrogen-bond acceptors (Lipinski definition) is 3. The third kappa shape index (κ3) is 2.84. The van der Waals surface area contributed by atoms with Crippen molar-refractivity contribution in [1.82, 2.24) is 10.2 Å². The highest BCUT2D eigenvalue weighted by molar-refractivity contribution is 5.83. The first-order chi connectivity index (χ1) is 8.74. The van der Waals surface area contributed by atoms with Crippen LogP contribution in [0.4, 0.5) is 0 Å². The van der Waals surface area contributed by atoms with Crippen LogP contribution in [0.5, 0.6) is 0 Å². The van der Waals surface area contributed by atoms with E-state index in [0.29, 0.717) is 6.04 Å². The van der Waals surface area contributed by atoms with Gasteiger partial charge in [0.15, 0.2) is 0 Å². The second-order valence-electron chi connectivity index (χ2n) is 5.56. The van der Waals surface area contributed by atoms with Gasteiger partial charge in [0, 0.05) is 18.6 Å². The predicted octanol–water partition coefficient (Wildman–Crippen LogP) is 1.81. The van der Waals surface area contributed by atoms with E-state index in [4.69, 9.17) is 5.26 Å². The van der Waals surface area contributed by atoms with Crippen LogP contribution in [0.25, 0.3) is 0 Å². The molecule has 0 aromatic heterocycles. The molecule has 2 aliphatic rings. The molecule has 2 rings (SSSR count). The summed E-state index contributed by atoms with van der Waals surface area (Å²) in [7, 11) is 0. The maximum absolute atomic E-state index is 12.4. The zero-order valence-electron chi connectivity index (χ0n) is 11.2. The Kier molecular flexibility index (Phi) is 4.60. The molecular formula is C14H23N3O. The number of hydrogen-bond donors (Lipinski definition) is 1. The first-order valence-electron chi connectivity index (χ1n) is 7.16. The zero-order valence-corrected chi connectivity index (χ0v) is 11.2. The second-order valence-corrected chi connectivity index (χ2v) is 5.56. The van der Waals surface area contributed by atoms with Crippen molar-refractivity contribution in [1.29, 1.82) is 5.26 Å². The standard InChI is InChI=1S/C14H23N3O/c1-11-10-16-13(8-9-15)14(18)17(11)12-6-4-2-3-5-7-12/h11-13,16H,2-8,10H2,1H3. The highest BCUT2D eigenvalue weighted by Gasteiger charge is 2.36. The van der Waals surface area contributed by atoms with Crippen LogP contribution in [0, 0.1) is 11.3 Å². The molecule has 18 heavy (non-hydrogen) atoms. The molecule has 4 heteroatoms. The van der Waals surface area contributed by atoms with Gasteiger partial charge in [-0.2, -0.15) is 5.26 Å². The van der Waals surface area contributed by atoms with E-state index in [1.807, 2.05) is 0 Å². The summed E-state index contributed by atoms with van der Waals surface area (Å²) in [6.45, 7) is 2.92. The van der Waals surface area contributed by atoms with E-state index in [0.717, 1.165) is 19.4 Å². The van der Waals surface area contributed by atoms with Gasteiger partial charge >= 0.3 is 0 Å². The molecule has 2 atom stereocenters. The van der Waals surface area contributed by atoms with Crippen LogP contribution in [0.1, 0.15) is 51.9 Å². The quantitative estimate of drug-likeness (QED) is 0.759. The minimum atomic E-state index is -0.283. The second kappa shape index (κ2) is 6.19. The molecule has 0 aromatic rings. The van der Waals surface area contributed by atoms with E-state index in [-0.39, 0.29) is 24.4 Å². The summed E-state index contributed by atoms with van der Waals surface area (Å²) in [6.07, 6.45) is 7.62. The van der Waals surface area contributed by atoms with Gasteiger partial charge in [0.25, 0.3) is 0 Å². The van der Waals surface area contributed by atoms with Gasteiger partial charge in [0.2, 0.25) is 5.91 Å². The van der Waals surface area contributed by atoms with Gasteiger partial charge < -0.3 is 10.2 Å². The third-order valence-corrected chi connectivity index (χ3v) is 4.20. The lowest BCUT2D eigenvalue weighted by Crippen LogP contribution is -2.61. The fourth-order valence-corrected chi connectivity index (χ4v) is 3.22. The van der Waals surface area contributed by atoms with Gasteiger partial charge in [-0.3, -0.25) is 4.79 Å². The highest BCUT2D eigenvalue weighted by Crippen LogP contribution is 2.25. The number of amides is 1. The van der Waals surface area contributed by atoms with Gasteiger partial charge in [-0.1, -0.05) is 25.7 Å². The van der Waals surface area contributed by atoms with Crippen LogP contribution < -0.4 is 5.32 Å². The lowest BCUT2D eigenvalue weighted by atomic mass is 9.99. The molecule has 1 aliphatic carbocycles. The van der Waals surface area contributed by atoms with Gasteiger partial charge in [0.1, 0.15) is 6.04 Å². The molecule has 1 saturated carbocycles. The number of nitriles is 1. The summed E-state index contributed by atoms with van der Waals surface area (Å²) >= 11 is 0. The van der Waals surface area contributed by atoms with Crippen molar-refractivity contribution in [3.05, 3.63) is 0 Å². The van der Waals surface area contributed by atoms with Crippen LogP contribution in [0.2, 0.25) is 0 Å². The summed E-state index contributed by atoms with van der Waals surface area (Å²) in [5.74, 6) is 0.141. The van der Waals surface area contributed by atoms with E-state index in [1.54, 1.807) is 0 Å². The van der Waals surface area contributed by atoms with E-state index >= 15 is 0 Å². The minimum Gasteiger partial charge on any atom is -0.334 e. The molecule has 1 saturated heterocycles. The van der Waals surface area contributed by atoms with Gasteiger partial charge in [-0.05, 0) is 19.8 Å². The fraction of sp³-hybridized carbons (Fsp3) is 0.857. The number of rotatable bonds is 2. The number of piperazine rings is 1. The van der Waals surface area contributed by atoms with E-state index in [9.17, 15) is 4.79 Å². The van der Waals surface area contributed by atoms with Gasteiger partial charge in [-0.15, -0.1) is 0 Å². The Morgan fingerprint density at radius 1 is 1.33 bits per heavy atom. The van der Waals surface area contributed by atoms with Crippen LogP contribution >= 0.6 is 0 Å². The molecule has 0 radical (unpaired) electrons. The molecule has 0 spiro atoms. The van der Waals surface area contributed by atoms with Gasteiger partial charge in [0.05, 0.1) is 12.5 Å². The number of nitrogens with zero attached hydrogens (tertiary/aromatic N) is 2. The van der Waals surface area contributed by atoms with Crippen LogP contribution in [-0.2, 0) is 4.79 Å². The monoisotopic (exact) mass is 249 g/mol. The molecule has 4 nitrogen and oxygen atoms in total. The van der Waals surface area contributed by atoms with Gasteiger partial charge in [-0.25, -0.2) is 0 Å². The Bertz CT molecular complexity index is 328. The highest BCUT2D eigenvalue weighted by atomic mass is 16.2. The lowest BCUT2D eigenvalue weighted by molar-refractivity contribution is -0.141. The van der Waals surface area contributed by atoms with Crippen molar-refractivity contribution in [2.75, 3.05) is 6.54 Å². The number of carbonyl (C=O) groups is 1. The van der Waals surface area contributed by atoms with Crippen LogP contribution in [0.3, 0.4) is 0 Å². The van der Waals surface area contributed by atoms with Crippen molar-refractivity contribution in [3.8, 4) is 6.07 Å². The maximum atomic E-state index is 12.4. The summed E-state index contributed by atoms with van der Waals surface area (Å²) in [6, 6.07) is 2.49. The Morgan fingerprint density at radius 2 is 2.00 bits per heavy atom. The lowest BCUT2D eigenvalue weighted by Gasteiger charge is -2.42. The average molecular weight is 249 g/mol. The van der Waals surface area contributed by atoms with Crippen LogP contribution in [0.15, 0.2) is 0 Å². The van der Waals surface area contributed by atoms with E-state index in [2.05, 4.69) is 23.2 Å². The first-order valence-corrected chi connectivity index (χ1v) is 7.16. The molecule has 0 aromatic carbocycles. The summed E-state index contributed by atoms with van der Waals surface area (Å²) < 4.78 is 0. The molecule has 1 heterocycles. The van der Waals surface area contributed by atoms with E-state index in [1.165, 1.54) is 25.7 Å². The number of nitrogens with one attached hydrogen (secondary N) is 1. The maximum Gasteiger partial charge on any atom is 0.241 e. The molecule has 100 valence electrons. The van der Waals surface area contributed by atoms with E-state index < -0.39 is 0 Å². The molecule has 2 fully saturated rings. The Hall–Kier alpha value is -1.08.